The van der Waals surface area contributed by atoms with Crippen LogP contribution < -0.4 is 5.32 Å². The number of benzene rings is 1. The number of hydrogen-bond donors (Lipinski definition) is 1. The first kappa shape index (κ1) is 11.1. The molecule has 0 aliphatic rings. The van der Waals surface area contributed by atoms with E-state index < -0.39 is 0 Å². The number of anilines is 1. The molecular weight excluding hydrogens is 170 g/mol. The van der Waals surface area contributed by atoms with Crippen molar-refractivity contribution in [2.75, 3.05) is 11.9 Å². The molecule has 0 saturated carbocycles. The van der Waals surface area contributed by atoms with E-state index in [1.165, 1.54) is 16.8 Å². The third-order valence-corrected chi connectivity index (χ3v) is 2.04. The van der Waals surface area contributed by atoms with Gasteiger partial charge in [-0.1, -0.05) is 26.8 Å². The molecule has 0 atom stereocenters. The van der Waals surface area contributed by atoms with Gasteiger partial charge in [0, 0.05) is 12.2 Å². The minimum Gasteiger partial charge on any atom is -0.385 e. The fourth-order valence-corrected chi connectivity index (χ4v) is 1.44. The Morgan fingerprint density at radius 3 is 1.93 bits per heavy atom. The molecule has 0 bridgehead atoms. The molecule has 0 aliphatic carbocycles. The van der Waals surface area contributed by atoms with Crippen LogP contribution in [0.25, 0.3) is 0 Å². The number of hydrogen-bond acceptors (Lipinski definition) is 1. The molecule has 0 saturated heterocycles. The maximum atomic E-state index is 3.47. The van der Waals surface area contributed by atoms with E-state index in [-0.39, 0.29) is 0 Å². The fraction of sp³-hybridized carbons (Fsp3) is 0.538. The SMILES string of the molecule is Cc1cc(C)cc(NCC(C)(C)C)c1. The van der Waals surface area contributed by atoms with Gasteiger partial charge in [0.1, 0.15) is 0 Å². The van der Waals surface area contributed by atoms with Gasteiger partial charge >= 0.3 is 0 Å². The van der Waals surface area contributed by atoms with Gasteiger partial charge in [0.2, 0.25) is 0 Å². The predicted molar refractivity (Wildman–Crippen MR) is 63.9 cm³/mol. The van der Waals surface area contributed by atoms with Crippen molar-refractivity contribution in [2.24, 2.45) is 5.41 Å². The van der Waals surface area contributed by atoms with Crippen molar-refractivity contribution in [3.8, 4) is 0 Å². The van der Waals surface area contributed by atoms with Crippen LogP contribution in [0.1, 0.15) is 31.9 Å². The molecule has 1 heteroatoms. The van der Waals surface area contributed by atoms with E-state index in [0.717, 1.165) is 6.54 Å². The minimum atomic E-state index is 0.331. The van der Waals surface area contributed by atoms with E-state index >= 15 is 0 Å². The van der Waals surface area contributed by atoms with E-state index in [1.54, 1.807) is 0 Å². The van der Waals surface area contributed by atoms with E-state index in [9.17, 15) is 0 Å². The normalized spacial score (nSPS) is 11.5. The molecule has 1 aromatic rings. The van der Waals surface area contributed by atoms with Crippen molar-refractivity contribution in [2.45, 2.75) is 34.6 Å². The van der Waals surface area contributed by atoms with Crippen molar-refractivity contribution >= 4 is 5.69 Å². The highest BCUT2D eigenvalue weighted by atomic mass is 14.9. The van der Waals surface area contributed by atoms with Crippen molar-refractivity contribution < 1.29 is 0 Å². The molecule has 0 fully saturated rings. The molecular formula is C13H21N. The van der Waals surface area contributed by atoms with Crippen molar-refractivity contribution in [3.05, 3.63) is 29.3 Å². The van der Waals surface area contributed by atoms with Crippen molar-refractivity contribution in [1.82, 2.24) is 0 Å². The summed E-state index contributed by atoms with van der Waals surface area (Å²) in [6.07, 6.45) is 0. The predicted octanol–water partition coefficient (Wildman–Crippen LogP) is 3.76. The quantitative estimate of drug-likeness (QED) is 0.750. The molecule has 0 aromatic heterocycles. The van der Waals surface area contributed by atoms with Crippen LogP contribution in [-0.4, -0.2) is 6.54 Å². The molecule has 1 aromatic carbocycles. The monoisotopic (exact) mass is 191 g/mol. The summed E-state index contributed by atoms with van der Waals surface area (Å²) in [5, 5.41) is 3.47. The van der Waals surface area contributed by atoms with Gasteiger partial charge in [-0.2, -0.15) is 0 Å². The summed E-state index contributed by atoms with van der Waals surface area (Å²) in [7, 11) is 0. The Balaban J connectivity index is 2.68. The van der Waals surface area contributed by atoms with E-state index in [1.807, 2.05) is 0 Å². The molecule has 0 aliphatic heterocycles. The van der Waals surface area contributed by atoms with Crippen LogP contribution in [0.4, 0.5) is 5.69 Å². The van der Waals surface area contributed by atoms with Crippen molar-refractivity contribution in [1.29, 1.82) is 0 Å². The highest BCUT2D eigenvalue weighted by Gasteiger charge is 2.09. The Hall–Kier alpha value is -0.980. The smallest absolute Gasteiger partial charge is 0.0345 e. The standard InChI is InChI=1S/C13H21N/c1-10-6-11(2)8-12(7-10)14-9-13(3,4)5/h6-8,14H,9H2,1-5H3. The van der Waals surface area contributed by atoms with E-state index in [0.29, 0.717) is 5.41 Å². The lowest BCUT2D eigenvalue weighted by Crippen LogP contribution is -2.19. The second kappa shape index (κ2) is 4.04. The van der Waals surface area contributed by atoms with Gasteiger partial charge in [-0.25, -0.2) is 0 Å². The Labute approximate surface area is 87.5 Å². The molecule has 0 radical (unpaired) electrons. The first-order valence-electron chi connectivity index (χ1n) is 5.19. The van der Waals surface area contributed by atoms with Gasteiger partial charge in [-0.05, 0) is 42.5 Å². The molecule has 0 spiro atoms. The fourth-order valence-electron chi connectivity index (χ4n) is 1.44. The lowest BCUT2D eigenvalue weighted by Gasteiger charge is -2.20. The zero-order valence-electron chi connectivity index (χ0n) is 9.94. The second-order valence-electron chi connectivity index (χ2n) is 5.29. The van der Waals surface area contributed by atoms with Crippen LogP contribution in [0, 0.1) is 19.3 Å². The maximum Gasteiger partial charge on any atom is 0.0345 e. The molecule has 1 rings (SSSR count). The van der Waals surface area contributed by atoms with Crippen LogP contribution in [-0.2, 0) is 0 Å². The van der Waals surface area contributed by atoms with Gasteiger partial charge < -0.3 is 5.32 Å². The number of aryl methyl sites for hydroxylation is 2. The average molecular weight is 191 g/mol. The summed E-state index contributed by atoms with van der Waals surface area (Å²) in [6, 6.07) is 6.58. The van der Waals surface area contributed by atoms with Crippen LogP contribution in [0.15, 0.2) is 18.2 Å². The zero-order chi connectivity index (χ0) is 10.8. The second-order valence-corrected chi connectivity index (χ2v) is 5.29. The Morgan fingerprint density at radius 1 is 1.00 bits per heavy atom. The summed E-state index contributed by atoms with van der Waals surface area (Å²) in [5.74, 6) is 0. The number of rotatable bonds is 2. The summed E-state index contributed by atoms with van der Waals surface area (Å²) < 4.78 is 0. The van der Waals surface area contributed by atoms with Crippen LogP contribution in [0.3, 0.4) is 0 Å². The molecule has 1 nitrogen and oxygen atoms in total. The minimum absolute atomic E-state index is 0.331. The number of nitrogens with one attached hydrogen (secondary N) is 1. The molecule has 0 unspecified atom stereocenters. The Bertz CT molecular complexity index is 287. The van der Waals surface area contributed by atoms with E-state index in [2.05, 4.69) is 58.1 Å². The molecule has 0 amide bonds. The first-order chi connectivity index (χ1) is 6.37. The maximum absolute atomic E-state index is 3.47. The van der Waals surface area contributed by atoms with Gasteiger partial charge in [0.25, 0.3) is 0 Å². The molecule has 0 heterocycles. The third-order valence-electron chi connectivity index (χ3n) is 2.04. The zero-order valence-corrected chi connectivity index (χ0v) is 9.94. The van der Waals surface area contributed by atoms with Crippen LogP contribution in [0.5, 0.6) is 0 Å². The van der Waals surface area contributed by atoms with Gasteiger partial charge in [-0.15, -0.1) is 0 Å². The largest absolute Gasteiger partial charge is 0.385 e. The lowest BCUT2D eigenvalue weighted by molar-refractivity contribution is 0.443. The first-order valence-corrected chi connectivity index (χ1v) is 5.19. The van der Waals surface area contributed by atoms with Gasteiger partial charge in [-0.3, -0.25) is 0 Å². The summed E-state index contributed by atoms with van der Waals surface area (Å²) in [5.41, 5.74) is 4.21. The van der Waals surface area contributed by atoms with Crippen LogP contribution in [0.2, 0.25) is 0 Å². The Morgan fingerprint density at radius 2 is 1.50 bits per heavy atom. The van der Waals surface area contributed by atoms with E-state index in [4.69, 9.17) is 0 Å². The van der Waals surface area contributed by atoms with Crippen molar-refractivity contribution in [3.63, 3.8) is 0 Å². The van der Waals surface area contributed by atoms with Gasteiger partial charge in [0.05, 0.1) is 0 Å². The highest BCUT2D eigenvalue weighted by Crippen LogP contribution is 2.17. The summed E-state index contributed by atoms with van der Waals surface area (Å²) in [6.45, 7) is 12.0. The molecule has 1 N–H and O–H groups in total. The third kappa shape index (κ3) is 3.82. The average Bonchev–Trinajstić information content (AvgIpc) is 1.97. The topological polar surface area (TPSA) is 12.0 Å². The molecule has 78 valence electrons. The van der Waals surface area contributed by atoms with Gasteiger partial charge in [0.15, 0.2) is 0 Å². The molecule has 14 heavy (non-hydrogen) atoms. The Kier molecular flexibility index (Phi) is 3.20. The summed E-state index contributed by atoms with van der Waals surface area (Å²) >= 11 is 0. The summed E-state index contributed by atoms with van der Waals surface area (Å²) in [4.78, 5) is 0. The van der Waals surface area contributed by atoms with Crippen LogP contribution >= 0.6 is 0 Å². The highest BCUT2D eigenvalue weighted by molar-refractivity contribution is 5.48. The lowest BCUT2D eigenvalue weighted by atomic mass is 9.97.